The summed E-state index contributed by atoms with van der Waals surface area (Å²) in [6, 6.07) is 8.14. The third kappa shape index (κ3) is 6.33. The van der Waals surface area contributed by atoms with Gasteiger partial charge in [0.1, 0.15) is 35.0 Å². The van der Waals surface area contributed by atoms with Crippen molar-refractivity contribution in [2.75, 3.05) is 46.2 Å². The van der Waals surface area contributed by atoms with Gasteiger partial charge in [-0.3, -0.25) is 0 Å². The van der Waals surface area contributed by atoms with Crippen LogP contribution >= 0.6 is 11.6 Å². The molecule has 3 atom stereocenters. The molecule has 8 nitrogen and oxygen atoms in total. The van der Waals surface area contributed by atoms with E-state index in [1.807, 2.05) is 0 Å². The summed E-state index contributed by atoms with van der Waals surface area (Å²) in [5, 5.41) is 12.7. The van der Waals surface area contributed by atoms with Crippen LogP contribution in [0.25, 0.3) is 0 Å². The van der Waals surface area contributed by atoms with E-state index in [9.17, 15) is 14.4 Å². The Morgan fingerprint density at radius 3 is 2.70 bits per heavy atom. The summed E-state index contributed by atoms with van der Waals surface area (Å²) in [5.74, 6) is -0.140. The number of halogens is 2. The second-order valence-corrected chi connectivity index (χ2v) is 8.30. The van der Waals surface area contributed by atoms with Crippen molar-refractivity contribution in [2.45, 2.75) is 25.0 Å². The third-order valence-corrected chi connectivity index (χ3v) is 6.10. The smallest absolute Gasteiger partial charge is 0.348 e. The maximum Gasteiger partial charge on any atom is 0.348 e. The first kappa shape index (κ1) is 25.2. The number of carbonyl (C=O) groups is 1. The van der Waals surface area contributed by atoms with Gasteiger partial charge in [-0.1, -0.05) is 11.6 Å². The van der Waals surface area contributed by atoms with Gasteiger partial charge in [-0.2, -0.15) is 0 Å². The third-order valence-electron chi connectivity index (χ3n) is 5.77. The standard InChI is InChI=1S/C23H29ClFN3O5/c1-31-21-13-19(26)18(24)12-17(21)23(29)28(30)20-8-10-27(14-22(20)32-2)9-3-11-33-16-6-4-15(25)5-7-16/h4-7,12-13,20,22,28H,3,8-11,14,26H2,1-2H3/t20-,22+/m1/s1. The Hall–Kier alpha value is -2.43. The van der Waals surface area contributed by atoms with Gasteiger partial charge >= 0.3 is 5.91 Å². The predicted molar refractivity (Wildman–Crippen MR) is 123 cm³/mol. The van der Waals surface area contributed by atoms with E-state index in [0.29, 0.717) is 31.9 Å². The molecule has 0 aliphatic carbocycles. The molecule has 10 heteroatoms. The number of hydrogen-bond acceptors (Lipinski definition) is 7. The summed E-state index contributed by atoms with van der Waals surface area (Å²) in [6.45, 7) is 2.41. The number of nitrogens with zero attached hydrogens (tertiary/aromatic N) is 1. The first-order chi connectivity index (χ1) is 15.8. The van der Waals surface area contributed by atoms with Crippen molar-refractivity contribution in [1.29, 1.82) is 0 Å². The van der Waals surface area contributed by atoms with Crippen LogP contribution in [0, 0.1) is 11.0 Å². The number of ether oxygens (including phenoxy) is 3. The summed E-state index contributed by atoms with van der Waals surface area (Å²) in [6.07, 6.45) is 0.836. The van der Waals surface area contributed by atoms with Crippen LogP contribution in [0.4, 0.5) is 10.1 Å². The van der Waals surface area contributed by atoms with Gasteiger partial charge in [-0.05, 0) is 36.8 Å². The van der Waals surface area contributed by atoms with E-state index in [0.717, 1.165) is 13.0 Å². The predicted octanol–water partition coefficient (Wildman–Crippen LogP) is 2.15. The molecule has 0 bridgehead atoms. The number of quaternary nitrogens is 1. The molecular weight excluding hydrogens is 453 g/mol. The van der Waals surface area contributed by atoms with Crippen molar-refractivity contribution in [2.24, 2.45) is 0 Å². The van der Waals surface area contributed by atoms with Crippen LogP contribution in [0.2, 0.25) is 5.02 Å². The molecule has 3 N–H and O–H groups in total. The van der Waals surface area contributed by atoms with Crippen molar-refractivity contribution in [1.82, 2.24) is 4.90 Å². The minimum Gasteiger partial charge on any atom is -0.626 e. The number of amides is 1. The Morgan fingerprint density at radius 2 is 2.03 bits per heavy atom. The summed E-state index contributed by atoms with van der Waals surface area (Å²) in [4.78, 5) is 15.1. The van der Waals surface area contributed by atoms with Crippen LogP contribution in [-0.4, -0.2) is 63.4 Å². The van der Waals surface area contributed by atoms with Gasteiger partial charge in [-0.15, -0.1) is 0 Å². The van der Waals surface area contributed by atoms with Gasteiger partial charge in [0.05, 0.1) is 24.4 Å². The molecule has 0 saturated carbocycles. The molecule has 1 unspecified atom stereocenters. The fourth-order valence-electron chi connectivity index (χ4n) is 3.95. The van der Waals surface area contributed by atoms with Gasteiger partial charge in [0.2, 0.25) is 0 Å². The number of hydrogen-bond donors (Lipinski definition) is 2. The van der Waals surface area contributed by atoms with Crippen molar-refractivity contribution < 1.29 is 28.5 Å². The normalized spacial score (nSPS) is 19.8. The zero-order valence-corrected chi connectivity index (χ0v) is 19.4. The van der Waals surface area contributed by atoms with Crippen molar-refractivity contribution in [3.8, 4) is 11.5 Å². The first-order valence-corrected chi connectivity index (χ1v) is 11.1. The molecule has 33 heavy (non-hydrogen) atoms. The zero-order chi connectivity index (χ0) is 24.0. The number of piperidine rings is 1. The second-order valence-electron chi connectivity index (χ2n) is 7.89. The number of hydroxylamine groups is 2. The topological polar surface area (TPSA) is 102 Å². The number of benzene rings is 2. The maximum absolute atomic E-state index is 13.1. The van der Waals surface area contributed by atoms with Crippen LogP contribution in [0.5, 0.6) is 11.5 Å². The average Bonchev–Trinajstić information content (AvgIpc) is 2.83. The Labute approximate surface area is 197 Å². The van der Waals surface area contributed by atoms with Gasteiger partial charge in [0.15, 0.2) is 0 Å². The lowest BCUT2D eigenvalue weighted by Gasteiger charge is -2.41. The number of nitrogens with two attached hydrogens (primary N) is 1. The monoisotopic (exact) mass is 481 g/mol. The molecule has 3 rings (SSSR count). The molecule has 2 aromatic carbocycles. The van der Waals surface area contributed by atoms with Gasteiger partial charge in [0, 0.05) is 39.2 Å². The van der Waals surface area contributed by atoms with Crippen LogP contribution in [0.15, 0.2) is 36.4 Å². The molecule has 1 saturated heterocycles. The molecule has 0 aromatic heterocycles. The Balaban J connectivity index is 1.55. The largest absolute Gasteiger partial charge is 0.626 e. The summed E-state index contributed by atoms with van der Waals surface area (Å²) in [5.41, 5.74) is 6.14. The fraction of sp³-hybridized carbons (Fsp3) is 0.435. The van der Waals surface area contributed by atoms with Crippen molar-refractivity contribution in [3.63, 3.8) is 0 Å². The maximum atomic E-state index is 13.1. The molecule has 1 aliphatic heterocycles. The SMILES string of the molecule is COc1cc(N)c(Cl)cc1C(=O)[NH+]([O-])[C@@H]1CCN(CCCOc2ccc(F)cc2)C[C@@H]1OC. The van der Waals surface area contributed by atoms with E-state index < -0.39 is 23.1 Å². The second kappa shape index (κ2) is 11.6. The molecule has 0 radical (unpaired) electrons. The van der Waals surface area contributed by atoms with E-state index in [1.165, 1.54) is 38.5 Å². The molecule has 1 fully saturated rings. The molecule has 1 aliphatic rings. The van der Waals surface area contributed by atoms with E-state index in [-0.39, 0.29) is 27.8 Å². The number of methoxy groups -OCH3 is 2. The van der Waals surface area contributed by atoms with E-state index in [2.05, 4.69) is 4.90 Å². The lowest BCUT2D eigenvalue weighted by molar-refractivity contribution is -0.796. The van der Waals surface area contributed by atoms with Crippen molar-refractivity contribution >= 4 is 23.2 Å². The summed E-state index contributed by atoms with van der Waals surface area (Å²) in [7, 11) is 2.94. The van der Waals surface area contributed by atoms with Gasteiger partial charge < -0.3 is 35.1 Å². The Kier molecular flexibility index (Phi) is 8.87. The summed E-state index contributed by atoms with van der Waals surface area (Å²) >= 11 is 6.06. The number of nitrogen functional groups attached to an aromatic ring is 1. The van der Waals surface area contributed by atoms with E-state index in [4.69, 9.17) is 31.5 Å². The van der Waals surface area contributed by atoms with E-state index >= 15 is 0 Å². The highest BCUT2D eigenvalue weighted by Crippen LogP contribution is 2.28. The lowest BCUT2D eigenvalue weighted by atomic mass is 10.00. The number of likely N-dealkylation sites (tertiary alicyclic amines) is 1. The lowest BCUT2D eigenvalue weighted by Crippen LogP contribution is -3.15. The van der Waals surface area contributed by atoms with Crippen LogP contribution < -0.4 is 20.3 Å². The average molecular weight is 482 g/mol. The minimum absolute atomic E-state index is 0.0944. The molecule has 2 aromatic rings. The highest BCUT2D eigenvalue weighted by atomic mass is 35.5. The Morgan fingerprint density at radius 1 is 1.30 bits per heavy atom. The highest BCUT2D eigenvalue weighted by molar-refractivity contribution is 6.33. The fourth-order valence-corrected chi connectivity index (χ4v) is 4.11. The first-order valence-electron chi connectivity index (χ1n) is 10.7. The van der Waals surface area contributed by atoms with Crippen molar-refractivity contribution in [3.05, 3.63) is 58.0 Å². The molecule has 1 amide bonds. The molecule has 180 valence electrons. The quantitative estimate of drug-likeness (QED) is 0.321. The number of rotatable bonds is 9. The van der Waals surface area contributed by atoms with Gasteiger partial charge in [0.25, 0.3) is 0 Å². The van der Waals surface area contributed by atoms with E-state index in [1.54, 1.807) is 12.1 Å². The van der Waals surface area contributed by atoms with Crippen LogP contribution in [0.1, 0.15) is 23.2 Å². The number of nitrogens with one attached hydrogen (secondary N) is 1. The summed E-state index contributed by atoms with van der Waals surface area (Å²) < 4.78 is 29.4. The molecule has 0 spiro atoms. The van der Waals surface area contributed by atoms with Crippen LogP contribution in [-0.2, 0) is 4.74 Å². The van der Waals surface area contributed by atoms with Gasteiger partial charge in [-0.25, -0.2) is 9.18 Å². The zero-order valence-electron chi connectivity index (χ0n) is 18.7. The molecular formula is C23H29ClFN3O5. The Bertz CT molecular complexity index is 946. The molecule has 1 heterocycles. The van der Waals surface area contributed by atoms with Crippen LogP contribution in [0.3, 0.4) is 0 Å². The number of carbonyl (C=O) groups excluding carboxylic acids is 1. The minimum atomic E-state index is -0.665. The highest BCUT2D eigenvalue weighted by Gasteiger charge is 2.37. The number of anilines is 1.